The van der Waals surface area contributed by atoms with Gasteiger partial charge in [0.1, 0.15) is 0 Å². The van der Waals surface area contributed by atoms with Crippen molar-refractivity contribution in [3.05, 3.63) is 68.3 Å². The van der Waals surface area contributed by atoms with Crippen molar-refractivity contribution in [3.63, 3.8) is 0 Å². The summed E-state index contributed by atoms with van der Waals surface area (Å²) in [5.74, 6) is 0.202. The maximum Gasteiger partial charge on any atom is 0.297 e. The number of carbonyl (C=O) groups is 1. The molecule has 0 aliphatic rings. The van der Waals surface area contributed by atoms with Gasteiger partial charge in [-0.05, 0) is 48.5 Å². The number of hydrogen-bond acceptors (Lipinski definition) is 7. The normalized spacial score (nSPS) is 11.1. The van der Waals surface area contributed by atoms with E-state index in [-0.39, 0.29) is 17.1 Å². The molecule has 0 aliphatic carbocycles. The molecule has 0 saturated heterocycles. The summed E-state index contributed by atoms with van der Waals surface area (Å²) in [5, 5.41) is 12.2. The van der Waals surface area contributed by atoms with E-state index in [1.807, 2.05) is 63.4 Å². The molecule has 0 atom stereocenters. The highest BCUT2D eigenvalue weighted by Crippen LogP contribution is 2.23. The molecule has 0 N–H and O–H groups in total. The summed E-state index contributed by atoms with van der Waals surface area (Å²) in [6.07, 6.45) is 0. The Morgan fingerprint density at radius 2 is 1.90 bits per heavy atom. The molecular weight excluding hydrogens is 408 g/mol. The predicted molar refractivity (Wildman–Crippen MR) is 113 cm³/mol. The van der Waals surface area contributed by atoms with Crippen LogP contribution in [0, 0.1) is 13.8 Å². The molecule has 0 unspecified atom stereocenters. The van der Waals surface area contributed by atoms with Crippen LogP contribution in [-0.4, -0.2) is 41.1 Å². The first-order valence-corrected chi connectivity index (χ1v) is 10.6. The molecule has 0 spiro atoms. The Hall–Kier alpha value is -2.98. The van der Waals surface area contributed by atoms with Crippen molar-refractivity contribution in [2.75, 3.05) is 5.75 Å². The summed E-state index contributed by atoms with van der Waals surface area (Å²) >= 11 is 2.68. The lowest BCUT2D eigenvalue weighted by molar-refractivity contribution is 0.102. The Morgan fingerprint density at radius 3 is 2.59 bits per heavy atom. The third-order valence-corrected chi connectivity index (χ3v) is 6.49. The number of thioether (sulfide) groups is 1. The third-order valence-electron chi connectivity index (χ3n) is 4.52. The molecule has 29 heavy (non-hydrogen) atoms. The molecule has 4 aromatic rings. The van der Waals surface area contributed by atoms with Gasteiger partial charge in [-0.2, -0.15) is 4.68 Å². The fraction of sp³-hybridized carbons (Fsp3) is 0.211. The average molecular weight is 427 g/mol. The number of Topliss-reactive ketones (excluding diaryl/α,β-unsaturated/α-hetero) is 1. The lowest BCUT2D eigenvalue weighted by Crippen LogP contribution is -2.22. The summed E-state index contributed by atoms with van der Waals surface area (Å²) in [6.45, 7) is 3.80. The second-order valence-electron chi connectivity index (χ2n) is 6.41. The van der Waals surface area contributed by atoms with Crippen molar-refractivity contribution >= 4 is 28.9 Å². The van der Waals surface area contributed by atoms with E-state index in [0.717, 1.165) is 10.6 Å². The van der Waals surface area contributed by atoms with Gasteiger partial charge in [-0.3, -0.25) is 14.3 Å². The third kappa shape index (κ3) is 3.56. The predicted octanol–water partition coefficient (Wildman–Crippen LogP) is 2.81. The van der Waals surface area contributed by atoms with E-state index in [1.165, 1.54) is 27.8 Å². The fourth-order valence-corrected chi connectivity index (χ4v) is 4.65. The minimum atomic E-state index is -0.231. The first-order chi connectivity index (χ1) is 14.0. The van der Waals surface area contributed by atoms with Gasteiger partial charge in [0.2, 0.25) is 5.16 Å². The monoisotopic (exact) mass is 426 g/mol. The summed E-state index contributed by atoms with van der Waals surface area (Å²) in [7, 11) is 1.81. The number of rotatable bonds is 6. The van der Waals surface area contributed by atoms with Crippen LogP contribution in [0.3, 0.4) is 0 Å². The van der Waals surface area contributed by atoms with Crippen molar-refractivity contribution < 1.29 is 4.79 Å². The van der Waals surface area contributed by atoms with E-state index < -0.39 is 0 Å². The Bertz CT molecular complexity index is 1240. The molecule has 0 bridgehead atoms. The lowest BCUT2D eigenvalue weighted by atomic mass is 10.3. The fourth-order valence-electron chi connectivity index (χ4n) is 2.99. The van der Waals surface area contributed by atoms with Gasteiger partial charge in [0.15, 0.2) is 11.5 Å². The second kappa shape index (κ2) is 7.80. The van der Waals surface area contributed by atoms with Crippen molar-refractivity contribution in [2.45, 2.75) is 19.0 Å². The maximum absolute atomic E-state index is 13.2. The molecule has 1 aromatic carbocycles. The van der Waals surface area contributed by atoms with E-state index in [4.69, 9.17) is 0 Å². The number of tetrazole rings is 1. The Balaban J connectivity index is 1.67. The largest absolute Gasteiger partial charge is 0.297 e. The maximum atomic E-state index is 13.2. The summed E-state index contributed by atoms with van der Waals surface area (Å²) in [4.78, 5) is 27.4. The summed E-state index contributed by atoms with van der Waals surface area (Å²) in [6, 6.07) is 13.1. The van der Waals surface area contributed by atoms with Crippen LogP contribution in [0.25, 0.3) is 11.4 Å². The van der Waals surface area contributed by atoms with Crippen LogP contribution in [0.2, 0.25) is 0 Å². The van der Waals surface area contributed by atoms with Crippen LogP contribution >= 0.6 is 23.1 Å². The van der Waals surface area contributed by atoms with Crippen LogP contribution < -0.4 is 5.56 Å². The molecule has 0 saturated carbocycles. The summed E-state index contributed by atoms with van der Waals surface area (Å²) < 4.78 is 4.75. The van der Waals surface area contributed by atoms with Crippen molar-refractivity contribution in [3.8, 4) is 11.4 Å². The Kier molecular flexibility index (Phi) is 5.20. The van der Waals surface area contributed by atoms with Crippen LogP contribution in [0.5, 0.6) is 0 Å². The highest BCUT2D eigenvalue weighted by molar-refractivity contribution is 7.99. The van der Waals surface area contributed by atoms with Gasteiger partial charge >= 0.3 is 0 Å². The van der Waals surface area contributed by atoms with Gasteiger partial charge < -0.3 is 0 Å². The Labute approximate surface area is 174 Å². The molecule has 0 radical (unpaired) electrons. The van der Waals surface area contributed by atoms with Crippen LogP contribution in [0.15, 0.2) is 52.4 Å². The number of aryl methyl sites for hydroxylation is 1. The molecule has 4 rings (SSSR count). The molecule has 148 valence electrons. The highest BCUT2D eigenvalue weighted by Gasteiger charge is 2.22. The van der Waals surface area contributed by atoms with Crippen molar-refractivity contribution in [1.29, 1.82) is 0 Å². The van der Waals surface area contributed by atoms with Crippen LogP contribution in [0.4, 0.5) is 0 Å². The van der Waals surface area contributed by atoms with Crippen LogP contribution in [0.1, 0.15) is 20.2 Å². The van der Waals surface area contributed by atoms with E-state index >= 15 is 0 Å². The number of nitrogens with zero attached hydrogens (tertiary/aromatic N) is 6. The van der Waals surface area contributed by atoms with Crippen molar-refractivity contribution in [1.82, 2.24) is 29.6 Å². The van der Waals surface area contributed by atoms with E-state index in [9.17, 15) is 9.59 Å². The van der Waals surface area contributed by atoms with E-state index in [1.54, 1.807) is 9.36 Å². The minimum Gasteiger partial charge on any atom is -0.292 e. The van der Waals surface area contributed by atoms with E-state index in [2.05, 4.69) is 15.5 Å². The number of thiophene rings is 1. The SMILES string of the molecule is Cc1ccc(C(=O)CSc2nnnn2-c2c(C)n(C)n(-c3ccccc3)c2=O)s1. The number of para-hydroxylation sites is 1. The number of benzene rings is 1. The summed E-state index contributed by atoms with van der Waals surface area (Å²) in [5.41, 5.74) is 1.60. The number of hydrogen-bond donors (Lipinski definition) is 0. The molecule has 3 heterocycles. The number of aromatic nitrogens is 6. The molecule has 10 heteroatoms. The van der Waals surface area contributed by atoms with Gasteiger partial charge in [-0.25, -0.2) is 4.68 Å². The first-order valence-electron chi connectivity index (χ1n) is 8.82. The quantitative estimate of drug-likeness (QED) is 0.348. The van der Waals surface area contributed by atoms with Gasteiger partial charge in [-0.15, -0.1) is 16.4 Å². The molecule has 0 fully saturated rings. The van der Waals surface area contributed by atoms with Crippen molar-refractivity contribution in [2.24, 2.45) is 7.05 Å². The molecule has 0 amide bonds. The van der Waals surface area contributed by atoms with Crippen LogP contribution in [-0.2, 0) is 7.05 Å². The van der Waals surface area contributed by atoms with E-state index in [0.29, 0.717) is 21.4 Å². The highest BCUT2D eigenvalue weighted by atomic mass is 32.2. The number of ketones is 1. The molecular formula is C19H18N6O2S2. The van der Waals surface area contributed by atoms with Gasteiger partial charge in [-0.1, -0.05) is 30.0 Å². The standard InChI is InChI=1S/C19H18N6O2S2/c1-12-9-10-16(29-12)15(26)11-28-19-20-21-22-24(19)17-13(2)23(3)25(18(17)27)14-7-5-4-6-8-14/h4-10H,11H2,1-3H3. The zero-order valence-corrected chi connectivity index (χ0v) is 17.7. The van der Waals surface area contributed by atoms with Gasteiger partial charge in [0.25, 0.3) is 5.56 Å². The van der Waals surface area contributed by atoms with Gasteiger partial charge in [0, 0.05) is 11.9 Å². The molecule has 0 aliphatic heterocycles. The average Bonchev–Trinajstić information content (AvgIpc) is 3.40. The smallest absolute Gasteiger partial charge is 0.292 e. The zero-order chi connectivity index (χ0) is 20.5. The topological polar surface area (TPSA) is 87.6 Å². The Morgan fingerprint density at radius 1 is 1.14 bits per heavy atom. The van der Waals surface area contributed by atoms with Gasteiger partial charge in [0.05, 0.1) is 22.0 Å². The zero-order valence-electron chi connectivity index (χ0n) is 16.1. The minimum absolute atomic E-state index is 0.00845. The first kappa shape index (κ1) is 19.3. The molecule has 3 aromatic heterocycles. The molecule has 8 nitrogen and oxygen atoms in total. The number of carbonyl (C=O) groups excluding carboxylic acids is 1. The lowest BCUT2D eigenvalue weighted by Gasteiger charge is -2.07. The second-order valence-corrected chi connectivity index (χ2v) is 8.64.